The monoisotopic (exact) mass is 281 g/mol. The highest BCUT2D eigenvalue weighted by molar-refractivity contribution is 4.84. The number of hydrogen-bond acceptors (Lipinski definition) is 4. The summed E-state index contributed by atoms with van der Waals surface area (Å²) in [5, 5.41) is 0. The van der Waals surface area contributed by atoms with Crippen LogP contribution in [0.3, 0.4) is 0 Å². The van der Waals surface area contributed by atoms with Crippen LogP contribution in [0.2, 0.25) is 0 Å². The number of hydrogen-bond donors (Lipinski definition) is 0. The van der Waals surface area contributed by atoms with Gasteiger partial charge in [0, 0.05) is 20.3 Å². The van der Waals surface area contributed by atoms with Gasteiger partial charge in [-0.2, -0.15) is 0 Å². The second-order valence-electron chi connectivity index (χ2n) is 4.14. The second-order valence-corrected chi connectivity index (χ2v) is 4.14. The minimum Gasteiger partial charge on any atom is -0.385 e. The van der Waals surface area contributed by atoms with Gasteiger partial charge in [0.25, 0.3) is 0 Å². The van der Waals surface area contributed by atoms with E-state index in [1.807, 2.05) is 0 Å². The number of nitrogens with zero attached hydrogens (tertiary/aromatic N) is 3. The predicted molar refractivity (Wildman–Crippen MR) is 76.1 cm³/mol. The Bertz CT molecular complexity index is 603. The van der Waals surface area contributed by atoms with E-state index in [2.05, 4.69) is 13.2 Å². The van der Waals surface area contributed by atoms with Gasteiger partial charge in [-0.05, 0) is 6.42 Å². The van der Waals surface area contributed by atoms with Crippen molar-refractivity contribution in [3.63, 3.8) is 0 Å². The maximum Gasteiger partial charge on any atom is 0.336 e. The zero-order chi connectivity index (χ0) is 15.1. The molecule has 110 valence electrons. The molecule has 0 fully saturated rings. The van der Waals surface area contributed by atoms with Crippen LogP contribution in [-0.2, 0) is 24.4 Å². The molecule has 0 unspecified atom stereocenters. The fourth-order valence-corrected chi connectivity index (χ4v) is 1.81. The molecular formula is C13H19N3O4. The molecule has 0 aliphatic heterocycles. The Labute approximate surface area is 116 Å². The molecule has 0 aromatic carbocycles. The Morgan fingerprint density at radius 1 is 0.950 bits per heavy atom. The number of ether oxygens (including phenoxy) is 1. The lowest BCUT2D eigenvalue weighted by Crippen LogP contribution is -2.54. The smallest absolute Gasteiger partial charge is 0.336 e. The summed E-state index contributed by atoms with van der Waals surface area (Å²) in [5.74, 6) is 0. The Morgan fingerprint density at radius 3 is 1.80 bits per heavy atom. The minimum absolute atomic E-state index is 0.0549. The molecule has 1 rings (SSSR count). The van der Waals surface area contributed by atoms with Crippen molar-refractivity contribution in [1.29, 1.82) is 0 Å². The fraction of sp³-hybridized carbons (Fsp3) is 0.462. The third-order valence-corrected chi connectivity index (χ3v) is 2.74. The summed E-state index contributed by atoms with van der Waals surface area (Å²) in [6.45, 7) is 7.74. The van der Waals surface area contributed by atoms with Crippen molar-refractivity contribution in [3.8, 4) is 0 Å². The van der Waals surface area contributed by atoms with Gasteiger partial charge >= 0.3 is 17.1 Å². The van der Waals surface area contributed by atoms with Gasteiger partial charge in [0.05, 0.1) is 13.1 Å². The summed E-state index contributed by atoms with van der Waals surface area (Å²) in [4.78, 5) is 36.4. The summed E-state index contributed by atoms with van der Waals surface area (Å²) < 4.78 is 7.89. The van der Waals surface area contributed by atoms with Gasteiger partial charge in [-0.3, -0.25) is 0 Å². The van der Waals surface area contributed by atoms with Gasteiger partial charge < -0.3 is 4.74 Å². The number of aromatic nitrogens is 3. The van der Waals surface area contributed by atoms with Crippen molar-refractivity contribution in [1.82, 2.24) is 13.7 Å². The first-order valence-corrected chi connectivity index (χ1v) is 6.23. The molecule has 0 atom stereocenters. The first kappa shape index (κ1) is 15.9. The van der Waals surface area contributed by atoms with Crippen LogP contribution >= 0.6 is 0 Å². The largest absolute Gasteiger partial charge is 0.385 e. The molecule has 0 saturated carbocycles. The summed E-state index contributed by atoms with van der Waals surface area (Å²) in [7, 11) is 1.54. The van der Waals surface area contributed by atoms with E-state index in [9.17, 15) is 14.4 Å². The molecule has 0 bridgehead atoms. The lowest BCUT2D eigenvalue weighted by atomic mass is 10.4. The fourth-order valence-electron chi connectivity index (χ4n) is 1.81. The minimum atomic E-state index is -0.650. The first-order chi connectivity index (χ1) is 9.58. The lowest BCUT2D eigenvalue weighted by Gasteiger charge is -2.11. The molecule has 0 spiro atoms. The van der Waals surface area contributed by atoms with Gasteiger partial charge in [0.2, 0.25) is 0 Å². The zero-order valence-electron chi connectivity index (χ0n) is 11.6. The van der Waals surface area contributed by atoms with E-state index in [1.165, 1.54) is 19.3 Å². The van der Waals surface area contributed by atoms with Crippen LogP contribution in [0.15, 0.2) is 39.7 Å². The molecule has 1 heterocycles. The Kier molecular flexibility index (Phi) is 5.92. The van der Waals surface area contributed by atoms with E-state index < -0.39 is 17.1 Å². The topological polar surface area (TPSA) is 75.2 Å². The summed E-state index contributed by atoms with van der Waals surface area (Å²) in [5.41, 5.74) is -1.91. The molecule has 0 N–H and O–H groups in total. The average Bonchev–Trinajstić information content (AvgIpc) is 2.43. The van der Waals surface area contributed by atoms with Crippen molar-refractivity contribution in [2.75, 3.05) is 13.7 Å². The van der Waals surface area contributed by atoms with Crippen molar-refractivity contribution >= 4 is 0 Å². The molecule has 0 radical (unpaired) electrons. The van der Waals surface area contributed by atoms with Gasteiger partial charge in [-0.1, -0.05) is 12.2 Å². The molecule has 7 heteroatoms. The van der Waals surface area contributed by atoms with Crippen LogP contribution in [0.5, 0.6) is 0 Å². The van der Waals surface area contributed by atoms with Gasteiger partial charge in [-0.25, -0.2) is 28.1 Å². The molecule has 20 heavy (non-hydrogen) atoms. The van der Waals surface area contributed by atoms with E-state index in [-0.39, 0.29) is 19.6 Å². The van der Waals surface area contributed by atoms with Gasteiger partial charge in [-0.15, -0.1) is 13.2 Å². The van der Waals surface area contributed by atoms with E-state index in [1.54, 1.807) is 0 Å². The second kappa shape index (κ2) is 7.44. The standard InChI is InChI=1S/C13H19N3O4/c1-4-7-14-11(17)15(8-5-2)13(19)16(12(14)18)9-6-10-20-3/h4-5H,1-2,6-10H2,3H3. The van der Waals surface area contributed by atoms with Crippen molar-refractivity contribution in [3.05, 3.63) is 56.8 Å². The summed E-state index contributed by atoms with van der Waals surface area (Å²) >= 11 is 0. The molecule has 1 aromatic rings. The van der Waals surface area contributed by atoms with Crippen molar-refractivity contribution < 1.29 is 4.74 Å². The van der Waals surface area contributed by atoms with E-state index >= 15 is 0 Å². The maximum atomic E-state index is 12.1. The van der Waals surface area contributed by atoms with Crippen molar-refractivity contribution in [2.45, 2.75) is 26.1 Å². The molecule has 0 aliphatic rings. The van der Waals surface area contributed by atoms with Crippen LogP contribution in [0.25, 0.3) is 0 Å². The quantitative estimate of drug-likeness (QED) is 0.479. The highest BCUT2D eigenvalue weighted by Crippen LogP contribution is 1.85. The third-order valence-electron chi connectivity index (χ3n) is 2.74. The molecule has 0 amide bonds. The molecule has 1 aromatic heterocycles. The van der Waals surface area contributed by atoms with E-state index in [4.69, 9.17) is 4.74 Å². The highest BCUT2D eigenvalue weighted by atomic mass is 16.5. The average molecular weight is 281 g/mol. The number of methoxy groups -OCH3 is 1. The van der Waals surface area contributed by atoms with Crippen molar-refractivity contribution in [2.24, 2.45) is 0 Å². The molecule has 0 saturated heterocycles. The van der Waals surface area contributed by atoms with Crippen LogP contribution < -0.4 is 17.1 Å². The SMILES string of the molecule is C=CCn1c(=O)n(CC=C)c(=O)n(CCCOC)c1=O. The molecule has 0 aliphatic carbocycles. The summed E-state index contributed by atoms with van der Waals surface area (Å²) in [6, 6.07) is 0. The number of rotatable bonds is 8. The predicted octanol–water partition coefficient (Wildman–Crippen LogP) is -0.420. The van der Waals surface area contributed by atoms with E-state index in [0.29, 0.717) is 13.0 Å². The normalized spacial score (nSPS) is 10.4. The van der Waals surface area contributed by atoms with Crippen LogP contribution in [-0.4, -0.2) is 27.4 Å². The molecular weight excluding hydrogens is 262 g/mol. The Balaban J connectivity index is 3.45. The van der Waals surface area contributed by atoms with Crippen LogP contribution in [0, 0.1) is 0 Å². The third kappa shape index (κ3) is 3.24. The van der Waals surface area contributed by atoms with Gasteiger partial charge in [0.15, 0.2) is 0 Å². The van der Waals surface area contributed by atoms with Crippen LogP contribution in [0.4, 0.5) is 0 Å². The Hall–Kier alpha value is -2.15. The number of allylic oxidation sites excluding steroid dienone is 2. The maximum absolute atomic E-state index is 12.1. The lowest BCUT2D eigenvalue weighted by molar-refractivity contribution is 0.188. The molecule has 7 nitrogen and oxygen atoms in total. The van der Waals surface area contributed by atoms with E-state index in [0.717, 1.165) is 13.7 Å². The zero-order valence-corrected chi connectivity index (χ0v) is 11.6. The first-order valence-electron chi connectivity index (χ1n) is 6.23. The highest BCUT2D eigenvalue weighted by Gasteiger charge is 2.13. The summed E-state index contributed by atoms with van der Waals surface area (Å²) in [6.07, 6.45) is 3.38. The Morgan fingerprint density at radius 2 is 1.40 bits per heavy atom. The van der Waals surface area contributed by atoms with Gasteiger partial charge in [0.1, 0.15) is 0 Å². The van der Waals surface area contributed by atoms with Crippen LogP contribution in [0.1, 0.15) is 6.42 Å².